The standard InChI is InChI=1S/C17H26N8/c1-11(15-20-17(22-23(15)4)24-7-5-6-8-24)9-14-19-16-13(3)18-10-12(2)25(16)21-14/h10-11,14,21H,5-9H2,1-4H3. The molecule has 3 aliphatic heterocycles. The quantitative estimate of drug-likeness (QED) is 0.903. The molecule has 8 nitrogen and oxygen atoms in total. The molecule has 1 saturated heterocycles. The molecule has 8 heteroatoms. The Morgan fingerprint density at radius 3 is 2.76 bits per heavy atom. The number of aromatic nitrogens is 3. The summed E-state index contributed by atoms with van der Waals surface area (Å²) < 4.78 is 1.92. The second-order valence-corrected chi connectivity index (χ2v) is 7.14. The van der Waals surface area contributed by atoms with Crippen LogP contribution in [0.2, 0.25) is 0 Å². The van der Waals surface area contributed by atoms with E-state index in [9.17, 15) is 0 Å². The van der Waals surface area contributed by atoms with E-state index in [4.69, 9.17) is 9.98 Å². The maximum atomic E-state index is 4.81. The van der Waals surface area contributed by atoms with Crippen LogP contribution in [0.15, 0.2) is 21.9 Å². The lowest BCUT2D eigenvalue weighted by molar-refractivity contribution is 0.332. The molecule has 4 rings (SSSR count). The van der Waals surface area contributed by atoms with Gasteiger partial charge < -0.3 is 4.90 Å². The van der Waals surface area contributed by atoms with E-state index >= 15 is 0 Å². The van der Waals surface area contributed by atoms with E-state index in [2.05, 4.69) is 27.3 Å². The lowest BCUT2D eigenvalue weighted by Crippen LogP contribution is -2.42. The molecular formula is C17H26N8. The van der Waals surface area contributed by atoms with Gasteiger partial charge in [-0.15, -0.1) is 5.10 Å². The van der Waals surface area contributed by atoms with Crippen molar-refractivity contribution in [1.29, 1.82) is 0 Å². The summed E-state index contributed by atoms with van der Waals surface area (Å²) in [6, 6.07) is 0. The molecule has 0 bridgehead atoms. The largest absolute Gasteiger partial charge is 0.340 e. The first-order valence-electron chi connectivity index (χ1n) is 9.04. The van der Waals surface area contributed by atoms with E-state index in [1.165, 1.54) is 12.8 Å². The first-order chi connectivity index (χ1) is 12.0. The monoisotopic (exact) mass is 342 g/mol. The summed E-state index contributed by atoms with van der Waals surface area (Å²) in [7, 11) is 1.99. The minimum Gasteiger partial charge on any atom is -0.340 e. The zero-order chi connectivity index (χ0) is 17.6. The number of hydrogen-bond acceptors (Lipinski definition) is 7. The van der Waals surface area contributed by atoms with Gasteiger partial charge in [-0.1, -0.05) is 6.92 Å². The topological polar surface area (TPSA) is 73.9 Å². The number of nitrogens with zero attached hydrogens (tertiary/aromatic N) is 7. The molecule has 1 fully saturated rings. The Morgan fingerprint density at radius 1 is 1.28 bits per heavy atom. The number of amidine groups is 1. The lowest BCUT2D eigenvalue weighted by atomic mass is 10.1. The van der Waals surface area contributed by atoms with Crippen LogP contribution in [0.25, 0.3) is 0 Å². The van der Waals surface area contributed by atoms with Crippen molar-refractivity contribution in [1.82, 2.24) is 25.2 Å². The Morgan fingerprint density at radius 2 is 2.04 bits per heavy atom. The van der Waals surface area contributed by atoms with Gasteiger partial charge in [-0.25, -0.2) is 10.4 Å². The van der Waals surface area contributed by atoms with Crippen LogP contribution in [-0.4, -0.2) is 50.6 Å². The number of rotatable bonds is 4. The minimum absolute atomic E-state index is 0.0311. The Bertz CT molecular complexity index is 753. The molecule has 134 valence electrons. The van der Waals surface area contributed by atoms with Crippen molar-refractivity contribution in [2.45, 2.75) is 52.1 Å². The van der Waals surface area contributed by atoms with Crippen molar-refractivity contribution < 1.29 is 0 Å². The van der Waals surface area contributed by atoms with Crippen molar-refractivity contribution in [3.8, 4) is 0 Å². The van der Waals surface area contributed by atoms with Crippen LogP contribution in [-0.2, 0) is 7.05 Å². The lowest BCUT2D eigenvalue weighted by Gasteiger charge is -2.24. The third-order valence-corrected chi connectivity index (χ3v) is 5.08. The fourth-order valence-corrected chi connectivity index (χ4v) is 3.68. The molecule has 1 aromatic heterocycles. The van der Waals surface area contributed by atoms with E-state index in [0.717, 1.165) is 48.5 Å². The summed E-state index contributed by atoms with van der Waals surface area (Å²) in [4.78, 5) is 16.3. The molecule has 0 amide bonds. The van der Waals surface area contributed by atoms with Crippen LogP contribution in [0, 0.1) is 0 Å². The number of aryl methyl sites for hydroxylation is 1. The maximum absolute atomic E-state index is 4.81. The summed E-state index contributed by atoms with van der Waals surface area (Å²) >= 11 is 0. The highest BCUT2D eigenvalue weighted by atomic mass is 15.6. The van der Waals surface area contributed by atoms with Crippen LogP contribution < -0.4 is 10.3 Å². The highest BCUT2D eigenvalue weighted by molar-refractivity contribution is 6.41. The van der Waals surface area contributed by atoms with Crippen LogP contribution in [0.4, 0.5) is 5.95 Å². The average Bonchev–Trinajstić information content (AvgIpc) is 3.29. The van der Waals surface area contributed by atoms with Gasteiger partial charge in [0.15, 0.2) is 5.84 Å². The van der Waals surface area contributed by atoms with Crippen molar-refractivity contribution in [2.24, 2.45) is 17.0 Å². The first kappa shape index (κ1) is 16.3. The van der Waals surface area contributed by atoms with E-state index < -0.39 is 0 Å². The Labute approximate surface area is 148 Å². The number of hydrogen-bond donors (Lipinski definition) is 1. The Balaban J connectivity index is 1.47. The van der Waals surface area contributed by atoms with E-state index in [1.54, 1.807) is 0 Å². The van der Waals surface area contributed by atoms with Gasteiger partial charge >= 0.3 is 0 Å². The fraction of sp³-hybridized carbons (Fsp3) is 0.647. The molecule has 2 atom stereocenters. The number of hydrazine groups is 1. The summed E-state index contributed by atoms with van der Waals surface area (Å²) in [5, 5.41) is 6.66. The molecule has 25 heavy (non-hydrogen) atoms. The second kappa shape index (κ2) is 6.25. The molecule has 3 aliphatic rings. The molecule has 1 aromatic rings. The molecule has 0 aromatic carbocycles. The molecule has 2 unspecified atom stereocenters. The zero-order valence-corrected chi connectivity index (χ0v) is 15.4. The van der Waals surface area contributed by atoms with Crippen molar-refractivity contribution in [3.05, 3.63) is 17.7 Å². The predicted octanol–water partition coefficient (Wildman–Crippen LogP) is 1.79. The molecule has 0 saturated carbocycles. The highest BCUT2D eigenvalue weighted by Crippen LogP contribution is 2.26. The number of allylic oxidation sites excluding steroid dienone is 1. The Hall–Kier alpha value is -2.22. The third kappa shape index (κ3) is 2.95. The second-order valence-electron chi connectivity index (χ2n) is 7.14. The van der Waals surface area contributed by atoms with Gasteiger partial charge in [0.25, 0.3) is 0 Å². The first-order valence-corrected chi connectivity index (χ1v) is 9.04. The summed E-state index contributed by atoms with van der Waals surface area (Å²) in [5.74, 6) is 3.07. The van der Waals surface area contributed by atoms with Gasteiger partial charge in [0, 0.05) is 32.3 Å². The summed E-state index contributed by atoms with van der Waals surface area (Å²) in [6.07, 6.45) is 5.24. The number of aliphatic imine (C=N–C) groups is 2. The number of nitrogens with one attached hydrogen (secondary N) is 1. The highest BCUT2D eigenvalue weighted by Gasteiger charge is 2.31. The smallest absolute Gasteiger partial charge is 0.244 e. The normalized spacial score (nSPS) is 24.2. The predicted molar refractivity (Wildman–Crippen MR) is 98.5 cm³/mol. The minimum atomic E-state index is 0.0311. The number of fused-ring (bicyclic) bond motifs is 1. The SMILES string of the molecule is CC1=CN=C(C)C2=NC(CC(C)c3nc(N4CCCC4)nn3C)NN12. The zero-order valence-electron chi connectivity index (χ0n) is 15.4. The maximum Gasteiger partial charge on any atom is 0.244 e. The molecule has 1 N–H and O–H groups in total. The van der Waals surface area contributed by atoms with Crippen LogP contribution in [0.1, 0.15) is 51.8 Å². The molecule has 4 heterocycles. The van der Waals surface area contributed by atoms with Crippen LogP contribution >= 0.6 is 0 Å². The van der Waals surface area contributed by atoms with Gasteiger partial charge in [-0.2, -0.15) is 4.98 Å². The van der Waals surface area contributed by atoms with Gasteiger partial charge in [-0.05, 0) is 33.1 Å². The van der Waals surface area contributed by atoms with Gasteiger partial charge in [0.2, 0.25) is 5.95 Å². The number of anilines is 1. The summed E-state index contributed by atoms with van der Waals surface area (Å²) in [5.41, 5.74) is 5.48. The summed E-state index contributed by atoms with van der Waals surface area (Å²) in [6.45, 7) is 8.35. The van der Waals surface area contributed by atoms with Crippen molar-refractivity contribution in [2.75, 3.05) is 18.0 Å². The fourth-order valence-electron chi connectivity index (χ4n) is 3.68. The van der Waals surface area contributed by atoms with Gasteiger partial charge in [-0.3, -0.25) is 14.7 Å². The average molecular weight is 342 g/mol. The molecule has 0 aliphatic carbocycles. The van der Waals surface area contributed by atoms with E-state index in [1.807, 2.05) is 36.8 Å². The van der Waals surface area contributed by atoms with Crippen LogP contribution in [0.3, 0.4) is 0 Å². The Kier molecular flexibility index (Phi) is 4.07. The van der Waals surface area contributed by atoms with Crippen LogP contribution in [0.5, 0.6) is 0 Å². The van der Waals surface area contributed by atoms with Gasteiger partial charge in [0.05, 0.1) is 11.4 Å². The van der Waals surface area contributed by atoms with E-state index in [0.29, 0.717) is 0 Å². The van der Waals surface area contributed by atoms with Gasteiger partial charge in [0.1, 0.15) is 12.0 Å². The molecule has 0 spiro atoms. The molecule has 0 radical (unpaired) electrons. The third-order valence-electron chi connectivity index (χ3n) is 5.08. The molecular weight excluding hydrogens is 316 g/mol. The van der Waals surface area contributed by atoms with Crippen molar-refractivity contribution >= 4 is 17.5 Å². The van der Waals surface area contributed by atoms with E-state index in [-0.39, 0.29) is 12.1 Å². The van der Waals surface area contributed by atoms with Crippen molar-refractivity contribution in [3.63, 3.8) is 0 Å².